The standard InChI is InChI=1S/C51H63N5O7Si/c1-7-51(6)49(61)54-43(34-37-28-30-39(31-29-37)62-35-38-20-17-18-32-52-38)48(60)56-33-19-26-44(56)47(59)53-42(46(58)55-51)25-15-10-16-27-45(57)36(2)63-64(50(3,4)5,40-21-11-8-12-22-40)41-23-13-9-14-24-41/h8-9,11-14,16-18,20-24,27-32,36,42-44H,7,10,15,19,25-26,33-35H2,1-6H3,(H,53,59)(H,54,61)(H,55,58)/b27-16+/t36-,42-,43-,44+,51-/m0/s1. The van der Waals surface area contributed by atoms with Gasteiger partial charge in [0.1, 0.15) is 42.1 Å². The van der Waals surface area contributed by atoms with Crippen LogP contribution in [0.5, 0.6) is 5.75 Å². The molecule has 338 valence electrons. The number of nitrogens with one attached hydrogen (secondary N) is 3. The van der Waals surface area contributed by atoms with E-state index in [4.69, 9.17) is 9.16 Å². The Morgan fingerprint density at radius 3 is 2.16 bits per heavy atom. The summed E-state index contributed by atoms with van der Waals surface area (Å²) in [5.74, 6) is -1.28. The van der Waals surface area contributed by atoms with Crippen molar-refractivity contribution in [2.24, 2.45) is 0 Å². The first-order chi connectivity index (χ1) is 30.6. The number of fused-ring (bicyclic) bond motifs is 1. The number of hydrogen-bond donors (Lipinski definition) is 3. The van der Waals surface area contributed by atoms with Gasteiger partial charge in [-0.05, 0) is 104 Å². The summed E-state index contributed by atoms with van der Waals surface area (Å²) in [6.07, 6.45) is 6.92. The second-order valence-electron chi connectivity index (χ2n) is 18.1. The highest BCUT2D eigenvalue weighted by atomic mass is 28.4. The fraction of sp³-hybridized carbons (Fsp3) is 0.412. The van der Waals surface area contributed by atoms with Gasteiger partial charge in [-0.1, -0.05) is 113 Å². The second kappa shape index (κ2) is 21.2. The van der Waals surface area contributed by atoms with E-state index >= 15 is 0 Å². The minimum absolute atomic E-state index is 0.165. The lowest BCUT2D eigenvalue weighted by molar-refractivity contribution is -0.144. The van der Waals surface area contributed by atoms with E-state index in [1.165, 1.54) is 4.90 Å². The number of allylic oxidation sites excluding steroid dienone is 1. The van der Waals surface area contributed by atoms with Crippen LogP contribution in [-0.4, -0.2) is 83.9 Å². The first kappa shape index (κ1) is 47.6. The summed E-state index contributed by atoms with van der Waals surface area (Å²) in [4.78, 5) is 75.8. The summed E-state index contributed by atoms with van der Waals surface area (Å²) in [5.41, 5.74) is 0.203. The minimum Gasteiger partial charge on any atom is -0.487 e. The van der Waals surface area contributed by atoms with Crippen molar-refractivity contribution < 1.29 is 33.1 Å². The molecule has 3 heterocycles. The Balaban J connectivity index is 1.11. The average molecular weight is 886 g/mol. The Kier molecular flexibility index (Phi) is 15.7. The Morgan fingerprint density at radius 1 is 0.891 bits per heavy atom. The molecule has 2 fully saturated rings. The molecule has 64 heavy (non-hydrogen) atoms. The summed E-state index contributed by atoms with van der Waals surface area (Å²) in [5, 5.41) is 10.7. The van der Waals surface area contributed by atoms with Crippen LogP contribution in [0, 0.1) is 0 Å². The van der Waals surface area contributed by atoms with Gasteiger partial charge in [-0.15, -0.1) is 0 Å². The van der Waals surface area contributed by atoms with E-state index in [-0.39, 0.29) is 36.0 Å². The molecule has 4 aromatic rings. The molecule has 3 aromatic carbocycles. The third-order valence-corrected chi connectivity index (χ3v) is 17.6. The molecular weight excluding hydrogens is 823 g/mol. The zero-order valence-electron chi connectivity index (χ0n) is 38.0. The lowest BCUT2D eigenvalue weighted by atomic mass is 9.94. The lowest BCUT2D eigenvalue weighted by Gasteiger charge is -2.44. The third-order valence-electron chi connectivity index (χ3n) is 12.5. The van der Waals surface area contributed by atoms with Crippen molar-refractivity contribution in [2.45, 2.75) is 128 Å². The van der Waals surface area contributed by atoms with Crippen molar-refractivity contribution >= 4 is 48.1 Å². The molecule has 6 rings (SSSR count). The highest BCUT2D eigenvalue weighted by molar-refractivity contribution is 6.99. The van der Waals surface area contributed by atoms with Gasteiger partial charge < -0.3 is 30.0 Å². The molecule has 2 aliphatic rings. The number of rotatable bonds is 16. The predicted octanol–water partition coefficient (Wildman–Crippen LogP) is 5.72. The Labute approximate surface area is 378 Å². The molecule has 3 N–H and O–H groups in total. The summed E-state index contributed by atoms with van der Waals surface area (Å²) in [6.45, 7) is 12.4. The van der Waals surface area contributed by atoms with Crippen LogP contribution in [0.25, 0.3) is 0 Å². The van der Waals surface area contributed by atoms with Gasteiger partial charge in [-0.2, -0.15) is 0 Å². The number of nitrogens with zero attached hydrogens (tertiary/aromatic N) is 2. The van der Waals surface area contributed by atoms with Gasteiger partial charge in [-0.3, -0.25) is 29.0 Å². The van der Waals surface area contributed by atoms with Crippen molar-refractivity contribution in [2.75, 3.05) is 6.54 Å². The number of benzene rings is 3. The molecule has 2 aliphatic heterocycles. The van der Waals surface area contributed by atoms with Crippen LogP contribution < -0.4 is 31.1 Å². The number of unbranched alkanes of at least 4 members (excludes halogenated alkanes) is 1. The quantitative estimate of drug-likeness (QED) is 0.0734. The summed E-state index contributed by atoms with van der Waals surface area (Å²) < 4.78 is 12.9. The van der Waals surface area contributed by atoms with Crippen molar-refractivity contribution in [3.8, 4) is 5.75 Å². The first-order valence-electron chi connectivity index (χ1n) is 22.5. The molecular formula is C51H63N5O7Si. The van der Waals surface area contributed by atoms with Crippen molar-refractivity contribution in [3.63, 3.8) is 0 Å². The maximum atomic E-state index is 14.3. The SMILES string of the molecule is CC[C@]1(C)NC(=O)[C@H](CCC/C=C/C(=O)[C@H](C)O[Si](c2ccccc2)(c2ccccc2)C(C)(C)C)NC(=O)[C@H]2CCCN2C(=O)[C@H](Cc2ccc(OCc3ccccn3)cc2)NC1=O. The van der Waals surface area contributed by atoms with Gasteiger partial charge in [0.15, 0.2) is 5.78 Å². The number of aromatic nitrogens is 1. The monoisotopic (exact) mass is 885 g/mol. The van der Waals surface area contributed by atoms with E-state index in [1.807, 2.05) is 78.9 Å². The van der Waals surface area contributed by atoms with Crippen LogP contribution >= 0.6 is 0 Å². The van der Waals surface area contributed by atoms with Crippen LogP contribution in [-0.2, 0) is 41.4 Å². The third kappa shape index (κ3) is 11.2. The van der Waals surface area contributed by atoms with E-state index in [2.05, 4.69) is 66.0 Å². The molecule has 0 saturated carbocycles. The fourth-order valence-corrected chi connectivity index (χ4v) is 13.3. The minimum atomic E-state index is -2.96. The fourth-order valence-electron chi connectivity index (χ4n) is 8.61. The highest BCUT2D eigenvalue weighted by Gasteiger charge is 2.51. The molecule has 0 aliphatic carbocycles. The molecule has 12 nitrogen and oxygen atoms in total. The zero-order valence-corrected chi connectivity index (χ0v) is 39.0. The summed E-state index contributed by atoms with van der Waals surface area (Å²) in [6, 6.07) is 30.5. The normalized spacial score (nSPS) is 21.5. The Morgan fingerprint density at radius 2 is 1.55 bits per heavy atom. The molecule has 0 bridgehead atoms. The van der Waals surface area contributed by atoms with Crippen LogP contribution in [0.1, 0.15) is 91.3 Å². The van der Waals surface area contributed by atoms with E-state index in [0.717, 1.165) is 21.6 Å². The largest absolute Gasteiger partial charge is 0.487 e. The number of carbonyl (C=O) groups excluding carboxylic acids is 5. The summed E-state index contributed by atoms with van der Waals surface area (Å²) >= 11 is 0. The van der Waals surface area contributed by atoms with E-state index in [0.29, 0.717) is 44.6 Å². The number of carbonyl (C=O) groups is 5. The van der Waals surface area contributed by atoms with Crippen molar-refractivity contribution in [1.82, 2.24) is 25.8 Å². The second-order valence-corrected chi connectivity index (χ2v) is 22.3. The number of hydrogen-bond acceptors (Lipinski definition) is 8. The van der Waals surface area contributed by atoms with Gasteiger partial charge >= 0.3 is 0 Å². The molecule has 2 saturated heterocycles. The maximum absolute atomic E-state index is 14.3. The van der Waals surface area contributed by atoms with E-state index in [9.17, 15) is 24.0 Å². The molecule has 13 heteroatoms. The predicted molar refractivity (Wildman–Crippen MR) is 250 cm³/mol. The van der Waals surface area contributed by atoms with Crippen molar-refractivity contribution in [3.05, 3.63) is 133 Å². The van der Waals surface area contributed by atoms with Crippen LogP contribution in [0.4, 0.5) is 0 Å². The number of ketones is 1. The zero-order chi connectivity index (χ0) is 45.9. The molecule has 4 amide bonds. The Hall–Kier alpha value is -5.92. The maximum Gasteiger partial charge on any atom is 0.262 e. The van der Waals surface area contributed by atoms with E-state index < -0.39 is 55.8 Å². The molecule has 0 radical (unpaired) electrons. The van der Waals surface area contributed by atoms with Gasteiger partial charge in [0.25, 0.3) is 8.32 Å². The van der Waals surface area contributed by atoms with Crippen LogP contribution in [0.2, 0.25) is 5.04 Å². The molecule has 1 aromatic heterocycles. The van der Waals surface area contributed by atoms with Crippen LogP contribution in [0.3, 0.4) is 0 Å². The average Bonchev–Trinajstić information content (AvgIpc) is 3.80. The number of pyridine rings is 1. The summed E-state index contributed by atoms with van der Waals surface area (Å²) in [7, 11) is -2.96. The first-order valence-corrected chi connectivity index (χ1v) is 24.4. The van der Waals surface area contributed by atoms with Crippen molar-refractivity contribution in [1.29, 1.82) is 0 Å². The van der Waals surface area contributed by atoms with Gasteiger partial charge in [-0.25, -0.2) is 0 Å². The van der Waals surface area contributed by atoms with Crippen LogP contribution in [0.15, 0.2) is 121 Å². The van der Waals surface area contributed by atoms with Gasteiger partial charge in [0.05, 0.1) is 5.69 Å². The lowest BCUT2D eigenvalue weighted by Crippen LogP contribution is -2.68. The molecule has 5 atom stereocenters. The van der Waals surface area contributed by atoms with Gasteiger partial charge in [0.2, 0.25) is 23.6 Å². The molecule has 0 spiro atoms. The van der Waals surface area contributed by atoms with Gasteiger partial charge in [0, 0.05) is 19.2 Å². The number of amides is 4. The molecule has 0 unspecified atom stereocenters. The van der Waals surface area contributed by atoms with E-state index in [1.54, 1.807) is 39.1 Å². The number of ether oxygens (including phenoxy) is 1. The Bertz CT molecular complexity index is 2210. The highest BCUT2D eigenvalue weighted by Crippen LogP contribution is 2.37. The smallest absolute Gasteiger partial charge is 0.262 e. The topological polar surface area (TPSA) is 156 Å².